The highest BCUT2D eigenvalue weighted by molar-refractivity contribution is 9.10. The largest absolute Gasteiger partial charge is 0.377 e. The summed E-state index contributed by atoms with van der Waals surface area (Å²) in [4.78, 5) is 0. The molecule has 0 aliphatic rings. The summed E-state index contributed by atoms with van der Waals surface area (Å²) in [6, 6.07) is 12.3. The second-order valence-corrected chi connectivity index (χ2v) is 5.44. The number of nitrogens with one attached hydrogen (secondary N) is 1. The van der Waals surface area contributed by atoms with Crippen LogP contribution in [0.15, 0.2) is 46.9 Å². The summed E-state index contributed by atoms with van der Waals surface area (Å²) < 4.78 is 14.4. The van der Waals surface area contributed by atoms with Crippen LogP contribution in [0.3, 0.4) is 0 Å². The zero-order valence-electron chi connectivity index (χ0n) is 10.0. The molecule has 0 bridgehead atoms. The second-order valence-electron chi connectivity index (χ2n) is 4.12. The summed E-state index contributed by atoms with van der Waals surface area (Å²) in [5, 5.41) is 3.38. The second kappa shape index (κ2) is 6.37. The molecule has 19 heavy (non-hydrogen) atoms. The third kappa shape index (κ3) is 3.69. The van der Waals surface area contributed by atoms with E-state index in [0.717, 1.165) is 15.7 Å². The first kappa shape index (κ1) is 14.3. The average molecular weight is 344 g/mol. The number of anilines is 1. The highest BCUT2D eigenvalue weighted by Crippen LogP contribution is 2.24. The van der Waals surface area contributed by atoms with Crippen LogP contribution in [-0.4, -0.2) is 6.54 Å². The molecule has 2 aromatic carbocycles. The van der Waals surface area contributed by atoms with E-state index in [9.17, 15) is 4.39 Å². The standard InChI is InChI=1S/C14H13BrClFN2/c15-10-2-1-3-11(7-10)19-14(8-18)9-4-5-12(16)13(17)6-9/h1-7,14,19H,8,18H2. The van der Waals surface area contributed by atoms with Gasteiger partial charge in [0, 0.05) is 16.7 Å². The molecule has 2 aromatic rings. The van der Waals surface area contributed by atoms with Gasteiger partial charge < -0.3 is 11.1 Å². The molecule has 0 fully saturated rings. The normalized spacial score (nSPS) is 12.2. The van der Waals surface area contributed by atoms with Crippen molar-refractivity contribution >= 4 is 33.2 Å². The molecule has 0 spiro atoms. The van der Waals surface area contributed by atoms with Crippen molar-refractivity contribution in [3.63, 3.8) is 0 Å². The molecule has 0 aliphatic heterocycles. The Morgan fingerprint density at radius 3 is 2.68 bits per heavy atom. The van der Waals surface area contributed by atoms with Crippen molar-refractivity contribution in [1.29, 1.82) is 0 Å². The number of nitrogens with two attached hydrogens (primary N) is 1. The first-order valence-corrected chi connectivity index (χ1v) is 6.94. The van der Waals surface area contributed by atoms with Crippen molar-refractivity contribution in [2.45, 2.75) is 6.04 Å². The van der Waals surface area contributed by atoms with E-state index < -0.39 is 5.82 Å². The van der Waals surface area contributed by atoms with Gasteiger partial charge in [0.25, 0.3) is 0 Å². The molecule has 2 rings (SSSR count). The van der Waals surface area contributed by atoms with Crippen LogP contribution in [0, 0.1) is 5.82 Å². The van der Waals surface area contributed by atoms with Gasteiger partial charge in [-0.1, -0.05) is 39.7 Å². The zero-order valence-corrected chi connectivity index (χ0v) is 12.4. The van der Waals surface area contributed by atoms with Crippen LogP contribution in [0.4, 0.5) is 10.1 Å². The zero-order chi connectivity index (χ0) is 13.8. The Kier molecular flexibility index (Phi) is 4.80. The molecule has 1 unspecified atom stereocenters. The number of halogens is 3. The number of benzene rings is 2. The van der Waals surface area contributed by atoms with E-state index in [1.165, 1.54) is 12.1 Å². The third-order valence-electron chi connectivity index (χ3n) is 2.75. The summed E-state index contributed by atoms with van der Waals surface area (Å²) in [7, 11) is 0. The minimum atomic E-state index is -0.436. The molecule has 3 N–H and O–H groups in total. The van der Waals surface area contributed by atoms with Gasteiger partial charge in [0.2, 0.25) is 0 Å². The van der Waals surface area contributed by atoms with E-state index in [1.54, 1.807) is 6.07 Å². The molecule has 100 valence electrons. The van der Waals surface area contributed by atoms with Crippen molar-refractivity contribution in [1.82, 2.24) is 0 Å². The average Bonchev–Trinajstić information content (AvgIpc) is 2.39. The molecule has 5 heteroatoms. The highest BCUT2D eigenvalue weighted by Gasteiger charge is 2.11. The van der Waals surface area contributed by atoms with Crippen LogP contribution in [0.25, 0.3) is 0 Å². The molecule has 0 radical (unpaired) electrons. The van der Waals surface area contributed by atoms with Gasteiger partial charge in [-0.25, -0.2) is 4.39 Å². The Balaban J connectivity index is 2.22. The predicted octanol–water partition coefficient (Wildman–Crippen LogP) is 4.35. The van der Waals surface area contributed by atoms with Gasteiger partial charge in [0.05, 0.1) is 11.1 Å². The van der Waals surface area contributed by atoms with E-state index in [-0.39, 0.29) is 11.1 Å². The molecule has 0 heterocycles. The fourth-order valence-corrected chi connectivity index (χ4v) is 2.30. The van der Waals surface area contributed by atoms with Crippen molar-refractivity contribution < 1.29 is 4.39 Å². The summed E-state index contributed by atoms with van der Waals surface area (Å²) >= 11 is 9.08. The highest BCUT2D eigenvalue weighted by atomic mass is 79.9. The van der Waals surface area contributed by atoms with Crippen LogP contribution in [-0.2, 0) is 0 Å². The minimum absolute atomic E-state index is 0.113. The predicted molar refractivity (Wildman–Crippen MR) is 81.0 cm³/mol. The molecule has 0 saturated heterocycles. The number of rotatable bonds is 4. The summed E-state index contributed by atoms with van der Waals surface area (Å²) in [6.07, 6.45) is 0. The maximum absolute atomic E-state index is 13.5. The van der Waals surface area contributed by atoms with Crippen molar-refractivity contribution in [3.8, 4) is 0 Å². The molecule has 1 atom stereocenters. The molecule has 0 aromatic heterocycles. The molecule has 0 saturated carbocycles. The molecule has 0 aliphatic carbocycles. The lowest BCUT2D eigenvalue weighted by molar-refractivity contribution is 0.623. The lowest BCUT2D eigenvalue weighted by Gasteiger charge is -2.19. The fourth-order valence-electron chi connectivity index (χ4n) is 1.79. The fraction of sp³-hybridized carbons (Fsp3) is 0.143. The topological polar surface area (TPSA) is 38.0 Å². The molecular formula is C14H13BrClFN2. The summed E-state index contributed by atoms with van der Waals surface area (Å²) in [5.74, 6) is -0.436. The van der Waals surface area contributed by atoms with Crippen LogP contribution in [0.2, 0.25) is 5.02 Å². The molecule has 0 amide bonds. The van der Waals surface area contributed by atoms with Crippen LogP contribution >= 0.6 is 27.5 Å². The summed E-state index contributed by atoms with van der Waals surface area (Å²) in [5.41, 5.74) is 7.43. The molecule has 2 nitrogen and oxygen atoms in total. The quantitative estimate of drug-likeness (QED) is 0.866. The van der Waals surface area contributed by atoms with Gasteiger partial charge in [0.15, 0.2) is 0 Å². The number of hydrogen-bond donors (Lipinski definition) is 2. The lowest BCUT2D eigenvalue weighted by atomic mass is 10.1. The Morgan fingerprint density at radius 2 is 2.05 bits per heavy atom. The van der Waals surface area contributed by atoms with Crippen LogP contribution in [0.1, 0.15) is 11.6 Å². The van der Waals surface area contributed by atoms with E-state index in [0.29, 0.717) is 6.54 Å². The smallest absolute Gasteiger partial charge is 0.142 e. The van der Waals surface area contributed by atoms with Gasteiger partial charge in [-0.2, -0.15) is 0 Å². The monoisotopic (exact) mass is 342 g/mol. The first-order valence-electron chi connectivity index (χ1n) is 5.77. The maximum Gasteiger partial charge on any atom is 0.142 e. The van der Waals surface area contributed by atoms with Crippen LogP contribution < -0.4 is 11.1 Å². The van der Waals surface area contributed by atoms with Gasteiger partial charge >= 0.3 is 0 Å². The third-order valence-corrected chi connectivity index (χ3v) is 3.55. The van der Waals surface area contributed by atoms with Gasteiger partial charge in [-0.3, -0.25) is 0 Å². The van der Waals surface area contributed by atoms with Crippen LogP contribution in [0.5, 0.6) is 0 Å². The van der Waals surface area contributed by atoms with Crippen molar-refractivity contribution in [2.75, 3.05) is 11.9 Å². The van der Waals surface area contributed by atoms with Gasteiger partial charge in [-0.05, 0) is 35.9 Å². The van der Waals surface area contributed by atoms with Crippen molar-refractivity contribution in [2.24, 2.45) is 5.73 Å². The first-order chi connectivity index (χ1) is 9.10. The Bertz CT molecular complexity index is 577. The minimum Gasteiger partial charge on any atom is -0.377 e. The van der Waals surface area contributed by atoms with Crippen molar-refractivity contribution in [3.05, 3.63) is 63.3 Å². The Hall–Kier alpha value is -1.10. The van der Waals surface area contributed by atoms with Gasteiger partial charge in [0.1, 0.15) is 5.82 Å². The lowest BCUT2D eigenvalue weighted by Crippen LogP contribution is -2.20. The Morgan fingerprint density at radius 1 is 1.26 bits per heavy atom. The SMILES string of the molecule is NCC(Nc1cccc(Br)c1)c1ccc(Cl)c(F)c1. The van der Waals surface area contributed by atoms with E-state index >= 15 is 0 Å². The molecular weight excluding hydrogens is 331 g/mol. The van der Waals surface area contributed by atoms with Gasteiger partial charge in [-0.15, -0.1) is 0 Å². The Labute approximate surface area is 124 Å². The van der Waals surface area contributed by atoms with E-state index in [1.807, 2.05) is 24.3 Å². The maximum atomic E-state index is 13.5. The van der Waals surface area contributed by atoms with E-state index in [2.05, 4.69) is 21.2 Å². The van der Waals surface area contributed by atoms with E-state index in [4.69, 9.17) is 17.3 Å². The number of hydrogen-bond acceptors (Lipinski definition) is 2. The summed E-state index contributed by atoms with van der Waals surface area (Å²) in [6.45, 7) is 0.355.